The van der Waals surface area contributed by atoms with Gasteiger partial charge in [-0.05, 0) is 105 Å². The van der Waals surface area contributed by atoms with Gasteiger partial charge < -0.3 is 114 Å². The van der Waals surface area contributed by atoms with Crippen LogP contribution in [0.25, 0.3) is 0 Å². The van der Waals surface area contributed by atoms with Crippen LogP contribution in [0.2, 0.25) is 0 Å². The maximum Gasteiger partial charge on any atom is 0.187 e. The molecule has 75 heavy (non-hydrogen) atoms. The summed E-state index contributed by atoms with van der Waals surface area (Å²) in [6, 6.07) is 0. The maximum atomic E-state index is 11.6. The zero-order valence-electron chi connectivity index (χ0n) is 43.6. The molecule has 0 amide bonds. The third kappa shape index (κ3) is 10.6. The van der Waals surface area contributed by atoms with E-state index in [1.807, 2.05) is 6.92 Å². The van der Waals surface area contributed by atoms with E-state index in [4.69, 9.17) is 47.4 Å². The van der Waals surface area contributed by atoms with Crippen LogP contribution in [0.5, 0.6) is 0 Å². The molecule has 30 unspecified atom stereocenters. The minimum atomic E-state index is -1.88. The van der Waals surface area contributed by atoms with Crippen LogP contribution in [0.4, 0.5) is 0 Å². The van der Waals surface area contributed by atoms with Crippen molar-refractivity contribution in [2.24, 2.45) is 40.4 Å². The fraction of sp³-hybridized carbons (Fsp3) is 0.923. The largest absolute Gasteiger partial charge is 0.491 e. The molecule has 4 aliphatic carbocycles. The van der Waals surface area contributed by atoms with Gasteiger partial charge in [0.25, 0.3) is 0 Å². The Labute approximate surface area is 436 Å². The monoisotopic (exact) mass is 1080 g/mol. The molecule has 7 fully saturated rings. The third-order valence-electron chi connectivity index (χ3n) is 19.1. The molecule has 3 saturated carbocycles. The molecule has 5 aliphatic heterocycles. The first kappa shape index (κ1) is 58.1. The molecule has 4 saturated heterocycles. The Morgan fingerprint density at radius 3 is 1.87 bits per heavy atom. The predicted octanol–water partition coefficient (Wildman–Crippen LogP) is -2.43. The second-order valence-corrected chi connectivity index (χ2v) is 23.6. The lowest BCUT2D eigenvalue weighted by Crippen LogP contribution is -2.67. The number of hydrogen-bond donors (Lipinski definition) is 13. The molecule has 13 N–H and O–H groups in total. The van der Waals surface area contributed by atoms with E-state index in [-0.39, 0.29) is 41.5 Å². The normalized spacial score (nSPS) is 51.7. The van der Waals surface area contributed by atoms with E-state index in [1.165, 1.54) is 18.1 Å². The van der Waals surface area contributed by atoms with Crippen LogP contribution >= 0.6 is 0 Å². The van der Waals surface area contributed by atoms with Crippen molar-refractivity contribution in [3.8, 4) is 0 Å². The first-order chi connectivity index (χ1) is 35.6. The smallest absolute Gasteiger partial charge is 0.187 e. The van der Waals surface area contributed by atoms with Gasteiger partial charge in [-0.3, -0.25) is 0 Å². The summed E-state index contributed by atoms with van der Waals surface area (Å²) in [6.45, 7) is 8.54. The van der Waals surface area contributed by atoms with Crippen LogP contribution < -0.4 is 0 Å². The van der Waals surface area contributed by atoms with Gasteiger partial charge in [0.2, 0.25) is 0 Å². The van der Waals surface area contributed by atoms with E-state index in [0.29, 0.717) is 37.0 Å². The number of methoxy groups -OCH3 is 1. The molecule has 0 radical (unpaired) electrons. The van der Waals surface area contributed by atoms with E-state index >= 15 is 0 Å². The van der Waals surface area contributed by atoms with E-state index in [1.54, 1.807) is 7.11 Å². The Morgan fingerprint density at radius 2 is 1.23 bits per heavy atom. The highest BCUT2D eigenvalue weighted by Crippen LogP contribution is 2.69. The highest BCUT2D eigenvalue weighted by atomic mass is 16.8. The van der Waals surface area contributed by atoms with Crippen molar-refractivity contribution in [2.45, 2.75) is 227 Å². The van der Waals surface area contributed by atoms with Gasteiger partial charge in [0.1, 0.15) is 110 Å². The molecule has 30 atom stereocenters. The molecule has 9 aliphatic rings. The standard InChI is InChI=1S/C52H84O23/c1-20(19-67-47-41(63)39(61)35(57)30(16-53)71-47)13-29(66-6)44-21(2)33-28(70-44)15-27-25-8-7-23-14-24(9-11-51(23,4)26(25)10-12-52(27,33)5)69-50-46(75-48-42(64)38(60)34(56)22(3)68-48)45(37(59)32(18-55)73-50)74-49-43(65)40(62)36(58)31(17-54)72-49/h7,20,22,24-43,45-50,53-65H,8-19H2,1-6H3. The molecular weight excluding hydrogens is 993 g/mol. The van der Waals surface area contributed by atoms with Gasteiger partial charge in [-0.1, -0.05) is 32.4 Å². The lowest BCUT2D eigenvalue weighted by atomic mass is 9.47. The summed E-state index contributed by atoms with van der Waals surface area (Å²) >= 11 is 0. The minimum absolute atomic E-state index is 0.00788. The summed E-state index contributed by atoms with van der Waals surface area (Å²) in [7, 11) is 1.66. The first-order valence-electron chi connectivity index (χ1n) is 27.0. The Balaban J connectivity index is 0.883. The van der Waals surface area contributed by atoms with Gasteiger partial charge in [0, 0.05) is 13.0 Å². The molecule has 9 rings (SSSR count). The number of fused-ring (bicyclic) bond motifs is 7. The van der Waals surface area contributed by atoms with Crippen molar-refractivity contribution in [3.63, 3.8) is 0 Å². The Bertz CT molecular complexity index is 1990. The van der Waals surface area contributed by atoms with E-state index in [0.717, 1.165) is 37.9 Å². The third-order valence-corrected chi connectivity index (χ3v) is 19.1. The number of ether oxygens (including phenoxy) is 10. The molecule has 430 valence electrons. The molecule has 23 heteroatoms. The van der Waals surface area contributed by atoms with Gasteiger partial charge in [-0.15, -0.1) is 0 Å². The summed E-state index contributed by atoms with van der Waals surface area (Å²) in [4.78, 5) is 0. The van der Waals surface area contributed by atoms with E-state index in [9.17, 15) is 66.4 Å². The number of hydrogen-bond acceptors (Lipinski definition) is 23. The van der Waals surface area contributed by atoms with E-state index < -0.39 is 149 Å². The average Bonchev–Trinajstić information content (AvgIpc) is 3.89. The van der Waals surface area contributed by atoms with Crippen molar-refractivity contribution in [3.05, 3.63) is 23.0 Å². The highest BCUT2D eigenvalue weighted by Gasteiger charge is 2.65. The van der Waals surface area contributed by atoms with Crippen LogP contribution in [0.15, 0.2) is 23.0 Å². The topological polar surface area (TPSA) is 355 Å². The lowest BCUT2D eigenvalue weighted by Gasteiger charge is -2.58. The molecule has 5 heterocycles. The van der Waals surface area contributed by atoms with Gasteiger partial charge in [0.05, 0.1) is 38.6 Å². The molecule has 0 aromatic heterocycles. The quantitative estimate of drug-likeness (QED) is 0.0715. The van der Waals surface area contributed by atoms with Gasteiger partial charge in [-0.25, -0.2) is 0 Å². The Kier molecular flexibility index (Phi) is 17.9. The first-order valence-corrected chi connectivity index (χ1v) is 27.0. The van der Waals surface area contributed by atoms with Crippen LogP contribution in [0.3, 0.4) is 0 Å². The highest BCUT2D eigenvalue weighted by molar-refractivity contribution is 5.31. The molecule has 0 aromatic rings. The lowest BCUT2D eigenvalue weighted by molar-refractivity contribution is -0.394. The van der Waals surface area contributed by atoms with Gasteiger partial charge in [0.15, 0.2) is 25.2 Å². The van der Waals surface area contributed by atoms with Gasteiger partial charge >= 0.3 is 0 Å². The fourth-order valence-electron chi connectivity index (χ4n) is 14.8. The van der Waals surface area contributed by atoms with Crippen LogP contribution in [-0.4, -0.2) is 241 Å². The second kappa shape index (κ2) is 23.1. The number of aliphatic hydroxyl groups is 13. The average molecular weight is 1080 g/mol. The van der Waals surface area contributed by atoms with Crippen LogP contribution in [0, 0.1) is 40.4 Å². The number of aliphatic hydroxyl groups excluding tert-OH is 13. The van der Waals surface area contributed by atoms with Crippen LogP contribution in [0.1, 0.15) is 86.0 Å². The van der Waals surface area contributed by atoms with Crippen molar-refractivity contribution in [1.82, 2.24) is 0 Å². The number of allylic oxidation sites excluding steroid dienone is 1. The summed E-state index contributed by atoms with van der Waals surface area (Å²) in [5, 5.41) is 137. The van der Waals surface area contributed by atoms with Crippen LogP contribution in [-0.2, 0) is 47.4 Å². The van der Waals surface area contributed by atoms with Crippen molar-refractivity contribution in [2.75, 3.05) is 33.5 Å². The molecular formula is C52H84O23. The van der Waals surface area contributed by atoms with Crippen molar-refractivity contribution in [1.29, 1.82) is 0 Å². The molecule has 0 aromatic carbocycles. The molecule has 23 nitrogen and oxygen atoms in total. The van der Waals surface area contributed by atoms with Crippen molar-refractivity contribution >= 4 is 0 Å². The Hall–Kier alpha value is -1.60. The number of rotatable bonds is 16. The SMILES string of the molecule is COC(CC(C)COC1OC(CO)C(O)C(O)C1O)C1=C(C)C2C(CC3C4CC=C5CC(OC6OC(CO)C(O)C(OC7OC(CO)C(O)C(O)C7O)C6OC6OC(C)C(O)C(O)C6O)CCC5(C)C4CCC32C)O1. The fourth-order valence-corrected chi connectivity index (χ4v) is 14.8. The summed E-state index contributed by atoms with van der Waals surface area (Å²) in [6.07, 6.45) is -22.7. The van der Waals surface area contributed by atoms with Crippen molar-refractivity contribution < 1.29 is 114 Å². The Morgan fingerprint density at radius 1 is 0.653 bits per heavy atom. The zero-order chi connectivity index (χ0) is 54.2. The summed E-state index contributed by atoms with van der Waals surface area (Å²) < 4.78 is 61.2. The molecule has 0 bridgehead atoms. The van der Waals surface area contributed by atoms with E-state index in [2.05, 4.69) is 26.8 Å². The maximum absolute atomic E-state index is 11.6. The predicted molar refractivity (Wildman–Crippen MR) is 255 cm³/mol. The second-order valence-electron chi connectivity index (χ2n) is 23.6. The molecule has 0 spiro atoms. The summed E-state index contributed by atoms with van der Waals surface area (Å²) in [5.74, 6) is 2.16. The minimum Gasteiger partial charge on any atom is -0.491 e. The van der Waals surface area contributed by atoms with Gasteiger partial charge in [-0.2, -0.15) is 0 Å². The zero-order valence-corrected chi connectivity index (χ0v) is 43.6. The summed E-state index contributed by atoms with van der Waals surface area (Å²) in [5.41, 5.74) is 2.28.